The zero-order chi connectivity index (χ0) is 27.1. The molecule has 1 atom stereocenters. The molecule has 0 saturated carbocycles. The Balaban J connectivity index is 1.09. The van der Waals surface area contributed by atoms with E-state index < -0.39 is 0 Å². The number of carbonyl (C=O) groups excluding carboxylic acids is 1. The first-order valence-corrected chi connectivity index (χ1v) is 14.9. The number of benzene rings is 3. The summed E-state index contributed by atoms with van der Waals surface area (Å²) in [7, 11) is 0. The van der Waals surface area contributed by atoms with Gasteiger partial charge in [-0.05, 0) is 48.2 Å². The molecule has 40 heavy (non-hydrogen) atoms. The van der Waals surface area contributed by atoms with Gasteiger partial charge in [0.25, 0.3) is 0 Å². The molecule has 5 aromatic rings. The molecule has 0 bridgehead atoms. The van der Waals surface area contributed by atoms with Gasteiger partial charge in [0, 0.05) is 39.0 Å². The van der Waals surface area contributed by atoms with E-state index in [1.54, 1.807) is 18.0 Å². The monoisotopic (exact) mass is 609 g/mol. The van der Waals surface area contributed by atoms with Crippen LogP contribution < -0.4 is 5.32 Å². The third kappa shape index (κ3) is 4.80. The van der Waals surface area contributed by atoms with Crippen LogP contribution in [0, 0.1) is 0 Å². The van der Waals surface area contributed by atoms with Crippen molar-refractivity contribution in [1.29, 1.82) is 0 Å². The molecule has 7 nitrogen and oxygen atoms in total. The lowest BCUT2D eigenvalue weighted by Crippen LogP contribution is -2.31. The molecule has 7 rings (SSSR count). The molecule has 0 saturated heterocycles. The van der Waals surface area contributed by atoms with Crippen molar-refractivity contribution < 1.29 is 9.21 Å². The number of oxazole rings is 1. The van der Waals surface area contributed by atoms with Gasteiger partial charge in [-0.2, -0.15) is 4.98 Å². The smallest absolute Gasteiger partial charge is 0.227 e. The maximum absolute atomic E-state index is 13.0. The Kier molecular flexibility index (Phi) is 6.61. The van der Waals surface area contributed by atoms with Crippen LogP contribution in [0.5, 0.6) is 0 Å². The number of aromatic nitrogens is 4. The van der Waals surface area contributed by atoms with Crippen molar-refractivity contribution in [3.63, 3.8) is 0 Å². The van der Waals surface area contributed by atoms with Crippen molar-refractivity contribution in [3.05, 3.63) is 112 Å². The van der Waals surface area contributed by atoms with E-state index >= 15 is 0 Å². The topological polar surface area (TPSA) is 85.8 Å². The molecule has 3 heterocycles. The number of Topliss-reactive ketones (excluding diaryl/α,β-unsaturated/α-hetero) is 1. The molecule has 0 amide bonds. The Morgan fingerprint density at radius 2 is 1.77 bits per heavy atom. The van der Waals surface area contributed by atoms with E-state index in [1.165, 1.54) is 0 Å². The molecule has 1 aliphatic carbocycles. The SMILES string of the molecule is O=C1CCCC2=C1C(c1ccc(Br)cc1)n1nc(SCc3ccc(-c4ncc(-c5ccccc5)o4)cc3)nc1N2. The molecular formula is C31H24BrN5O2S. The number of nitrogens with one attached hydrogen (secondary N) is 1. The lowest BCUT2D eigenvalue weighted by atomic mass is 9.85. The van der Waals surface area contributed by atoms with Crippen molar-refractivity contribution in [3.8, 4) is 22.8 Å². The van der Waals surface area contributed by atoms with E-state index in [-0.39, 0.29) is 11.8 Å². The summed E-state index contributed by atoms with van der Waals surface area (Å²) < 4.78 is 8.86. The third-order valence-electron chi connectivity index (χ3n) is 7.17. The van der Waals surface area contributed by atoms with Crippen molar-refractivity contribution in [2.24, 2.45) is 0 Å². The zero-order valence-electron chi connectivity index (χ0n) is 21.4. The van der Waals surface area contributed by atoms with Crippen molar-refractivity contribution >= 4 is 39.4 Å². The minimum Gasteiger partial charge on any atom is -0.436 e. The van der Waals surface area contributed by atoms with E-state index in [0.717, 1.165) is 56.6 Å². The van der Waals surface area contributed by atoms with E-state index in [9.17, 15) is 4.79 Å². The minimum absolute atomic E-state index is 0.180. The van der Waals surface area contributed by atoms with Crippen LogP contribution in [0.3, 0.4) is 0 Å². The van der Waals surface area contributed by atoms with Crippen molar-refractivity contribution in [2.75, 3.05) is 5.32 Å². The summed E-state index contributed by atoms with van der Waals surface area (Å²) >= 11 is 5.09. The highest BCUT2D eigenvalue weighted by atomic mass is 79.9. The fourth-order valence-electron chi connectivity index (χ4n) is 5.19. The molecule has 1 unspecified atom stereocenters. The lowest BCUT2D eigenvalue weighted by molar-refractivity contribution is -0.116. The first kappa shape index (κ1) is 25.0. The maximum Gasteiger partial charge on any atom is 0.227 e. The third-order valence-corrected chi connectivity index (χ3v) is 8.60. The Labute approximate surface area is 243 Å². The average Bonchev–Trinajstić information content (AvgIpc) is 3.64. The van der Waals surface area contributed by atoms with Crippen molar-refractivity contribution in [1.82, 2.24) is 19.7 Å². The van der Waals surface area contributed by atoms with Crippen LogP contribution >= 0.6 is 27.7 Å². The van der Waals surface area contributed by atoms with Crippen LogP contribution in [0.15, 0.2) is 110 Å². The van der Waals surface area contributed by atoms with E-state index in [4.69, 9.17) is 14.5 Å². The quantitative estimate of drug-likeness (QED) is 0.198. The van der Waals surface area contributed by atoms with Gasteiger partial charge in [-0.25, -0.2) is 9.67 Å². The van der Waals surface area contributed by atoms with E-state index in [1.807, 2.05) is 71.4 Å². The summed E-state index contributed by atoms with van der Waals surface area (Å²) in [4.78, 5) is 22.3. The molecule has 0 spiro atoms. The molecule has 198 valence electrons. The molecule has 0 radical (unpaired) electrons. The molecule has 0 fully saturated rings. The van der Waals surface area contributed by atoms with Crippen LogP contribution in [0.2, 0.25) is 0 Å². The first-order valence-electron chi connectivity index (χ1n) is 13.1. The second kappa shape index (κ2) is 10.6. The average molecular weight is 611 g/mol. The second-order valence-corrected chi connectivity index (χ2v) is 11.7. The number of hydrogen-bond donors (Lipinski definition) is 1. The Morgan fingerprint density at radius 1 is 0.975 bits per heavy atom. The lowest BCUT2D eigenvalue weighted by Gasteiger charge is -2.32. The number of nitrogens with zero attached hydrogens (tertiary/aromatic N) is 4. The molecule has 3 aromatic carbocycles. The Morgan fingerprint density at radius 3 is 2.58 bits per heavy atom. The molecule has 2 aliphatic rings. The summed E-state index contributed by atoms with van der Waals surface area (Å²) in [6, 6.07) is 26.0. The van der Waals surface area contributed by atoms with Gasteiger partial charge in [0.2, 0.25) is 17.0 Å². The summed E-state index contributed by atoms with van der Waals surface area (Å²) in [6.45, 7) is 0. The summed E-state index contributed by atoms with van der Waals surface area (Å²) in [6.07, 6.45) is 4.02. The van der Waals surface area contributed by atoms with Gasteiger partial charge in [0.1, 0.15) is 6.04 Å². The van der Waals surface area contributed by atoms with Gasteiger partial charge in [-0.3, -0.25) is 4.79 Å². The summed E-state index contributed by atoms with van der Waals surface area (Å²) in [5, 5.41) is 8.93. The second-order valence-electron chi connectivity index (χ2n) is 9.79. The largest absolute Gasteiger partial charge is 0.436 e. The molecule has 9 heteroatoms. The fraction of sp³-hybridized carbons (Fsp3) is 0.161. The van der Waals surface area contributed by atoms with Gasteiger partial charge < -0.3 is 9.73 Å². The predicted octanol–water partition coefficient (Wildman–Crippen LogP) is 7.68. The predicted molar refractivity (Wildman–Crippen MR) is 159 cm³/mol. The number of halogens is 1. The number of rotatable bonds is 6. The number of ketones is 1. The highest BCUT2D eigenvalue weighted by Crippen LogP contribution is 2.41. The van der Waals surface area contributed by atoms with Gasteiger partial charge in [-0.1, -0.05) is 82.3 Å². The molecular weight excluding hydrogens is 586 g/mol. The van der Waals surface area contributed by atoms with Gasteiger partial charge in [-0.15, -0.1) is 5.10 Å². The molecule has 2 aromatic heterocycles. The molecule has 1 aliphatic heterocycles. The van der Waals surface area contributed by atoms with Gasteiger partial charge >= 0.3 is 0 Å². The Bertz CT molecular complexity index is 1730. The zero-order valence-corrected chi connectivity index (χ0v) is 23.8. The number of fused-ring (bicyclic) bond motifs is 1. The summed E-state index contributed by atoms with van der Waals surface area (Å²) in [5.74, 6) is 2.91. The number of carbonyl (C=O) groups is 1. The fourth-order valence-corrected chi connectivity index (χ4v) is 6.24. The Hall–Kier alpha value is -3.95. The number of hydrogen-bond acceptors (Lipinski definition) is 7. The highest BCUT2D eigenvalue weighted by Gasteiger charge is 2.36. The number of allylic oxidation sites excluding steroid dienone is 2. The van der Waals surface area contributed by atoms with E-state index in [0.29, 0.717) is 29.2 Å². The minimum atomic E-state index is -0.283. The van der Waals surface area contributed by atoms with Crippen molar-refractivity contribution in [2.45, 2.75) is 36.2 Å². The normalized spacial score (nSPS) is 16.4. The van der Waals surface area contributed by atoms with Crippen LogP contribution in [0.4, 0.5) is 5.95 Å². The van der Waals surface area contributed by atoms with Crippen LogP contribution in [0.25, 0.3) is 22.8 Å². The van der Waals surface area contributed by atoms with Crippen LogP contribution in [0.1, 0.15) is 36.4 Å². The molecule has 1 N–H and O–H groups in total. The highest BCUT2D eigenvalue weighted by molar-refractivity contribution is 9.10. The first-order chi connectivity index (χ1) is 19.6. The van der Waals surface area contributed by atoms with Crippen LogP contribution in [-0.2, 0) is 10.5 Å². The van der Waals surface area contributed by atoms with E-state index in [2.05, 4.69) is 38.4 Å². The van der Waals surface area contributed by atoms with Crippen LogP contribution in [-0.4, -0.2) is 25.5 Å². The maximum atomic E-state index is 13.0. The number of thioether (sulfide) groups is 1. The van der Waals surface area contributed by atoms with Gasteiger partial charge in [0.15, 0.2) is 11.5 Å². The number of anilines is 1. The standard InChI is InChI=1S/C31H24BrN5O2S/c32-23-15-13-21(14-16-23)28-27-24(7-4-8-25(27)38)34-30-35-31(36-37(28)30)40-18-19-9-11-22(12-10-19)29-33-17-26(39-29)20-5-2-1-3-6-20/h1-3,5-6,9-17,28H,4,7-8,18H2,(H,34,35,36). The summed E-state index contributed by atoms with van der Waals surface area (Å²) in [5.41, 5.74) is 5.86. The van der Waals surface area contributed by atoms with Gasteiger partial charge in [0.05, 0.1) is 6.20 Å².